The first kappa shape index (κ1) is 20.0. The van der Waals surface area contributed by atoms with Gasteiger partial charge in [-0.3, -0.25) is 9.69 Å². The van der Waals surface area contributed by atoms with Gasteiger partial charge in [-0.15, -0.1) is 11.3 Å². The third kappa shape index (κ3) is 4.02. The highest BCUT2D eigenvalue weighted by molar-refractivity contribution is 7.12. The fourth-order valence-corrected chi connectivity index (χ4v) is 4.83. The molecular weight excluding hydrogens is 406 g/mol. The van der Waals surface area contributed by atoms with Gasteiger partial charge in [0.15, 0.2) is 0 Å². The van der Waals surface area contributed by atoms with Gasteiger partial charge in [-0.25, -0.2) is 0 Å². The normalized spacial score (nSPS) is 16.4. The molecule has 3 heterocycles. The maximum Gasteiger partial charge on any atom is 0.265 e. The minimum absolute atomic E-state index is 0.0686. The first-order valence-corrected chi connectivity index (χ1v) is 11.4. The number of nitrogens with zero attached hydrogens (tertiary/aromatic N) is 2. The van der Waals surface area contributed by atoms with E-state index < -0.39 is 0 Å². The molecular formula is C25H25N3O2S. The van der Waals surface area contributed by atoms with Crippen LogP contribution in [0, 0.1) is 0 Å². The molecule has 31 heavy (non-hydrogen) atoms. The van der Waals surface area contributed by atoms with Crippen molar-refractivity contribution >= 4 is 33.9 Å². The Morgan fingerprint density at radius 3 is 2.45 bits per heavy atom. The van der Waals surface area contributed by atoms with E-state index in [2.05, 4.69) is 46.4 Å². The summed E-state index contributed by atoms with van der Waals surface area (Å²) in [6.07, 6.45) is 0. The number of fused-ring (bicyclic) bond motifs is 1. The molecule has 4 aromatic rings. The van der Waals surface area contributed by atoms with Crippen LogP contribution >= 0.6 is 11.3 Å². The van der Waals surface area contributed by atoms with Gasteiger partial charge in [-0.1, -0.05) is 48.5 Å². The SMILES string of the molecule is CN1CCN(C(c2ccccc2)c2oc3ccccc3c2NC(=O)c2cccs2)CC1. The van der Waals surface area contributed by atoms with Crippen LogP contribution in [0.2, 0.25) is 0 Å². The van der Waals surface area contributed by atoms with Crippen molar-refractivity contribution in [2.75, 3.05) is 38.5 Å². The van der Waals surface area contributed by atoms with Crippen molar-refractivity contribution in [2.24, 2.45) is 0 Å². The number of furan rings is 1. The molecule has 2 aromatic carbocycles. The lowest BCUT2D eigenvalue weighted by Gasteiger charge is -2.37. The number of carbonyl (C=O) groups is 1. The molecule has 1 aliphatic rings. The summed E-state index contributed by atoms with van der Waals surface area (Å²) >= 11 is 1.44. The predicted octanol–water partition coefficient (Wildman–Crippen LogP) is 5.08. The molecule has 0 saturated carbocycles. The zero-order valence-electron chi connectivity index (χ0n) is 17.5. The van der Waals surface area contributed by atoms with Gasteiger partial charge in [0.2, 0.25) is 0 Å². The maximum atomic E-state index is 13.0. The lowest BCUT2D eigenvalue weighted by molar-refractivity contribution is 0.102. The average molecular weight is 432 g/mol. The van der Waals surface area contributed by atoms with Gasteiger partial charge in [-0.05, 0) is 36.2 Å². The van der Waals surface area contributed by atoms with Crippen molar-refractivity contribution in [3.05, 3.63) is 88.3 Å². The monoisotopic (exact) mass is 431 g/mol. The van der Waals surface area contributed by atoms with Gasteiger partial charge in [0, 0.05) is 31.6 Å². The summed E-state index contributed by atoms with van der Waals surface area (Å²) in [5.41, 5.74) is 2.72. The van der Waals surface area contributed by atoms with E-state index in [0.717, 1.165) is 54.2 Å². The lowest BCUT2D eigenvalue weighted by Crippen LogP contribution is -2.46. The van der Waals surface area contributed by atoms with Gasteiger partial charge < -0.3 is 14.6 Å². The molecule has 2 aromatic heterocycles. The zero-order valence-corrected chi connectivity index (χ0v) is 18.3. The van der Waals surface area contributed by atoms with Crippen LogP contribution in [0.15, 0.2) is 76.5 Å². The van der Waals surface area contributed by atoms with E-state index in [1.54, 1.807) is 0 Å². The number of piperazine rings is 1. The number of rotatable bonds is 5. The van der Waals surface area contributed by atoms with E-state index in [9.17, 15) is 4.79 Å². The Labute approximate surface area is 185 Å². The minimum Gasteiger partial charge on any atom is -0.457 e. The van der Waals surface area contributed by atoms with E-state index in [4.69, 9.17) is 4.42 Å². The van der Waals surface area contributed by atoms with E-state index in [1.165, 1.54) is 11.3 Å². The Morgan fingerprint density at radius 1 is 0.968 bits per heavy atom. The number of amides is 1. The second-order valence-electron chi connectivity index (χ2n) is 7.92. The number of anilines is 1. The highest BCUT2D eigenvalue weighted by atomic mass is 32.1. The molecule has 1 amide bonds. The molecule has 1 fully saturated rings. The molecule has 158 valence electrons. The Kier molecular flexibility index (Phi) is 5.59. The smallest absolute Gasteiger partial charge is 0.265 e. The highest BCUT2D eigenvalue weighted by Gasteiger charge is 2.32. The lowest BCUT2D eigenvalue weighted by atomic mass is 10.00. The summed E-state index contributed by atoms with van der Waals surface area (Å²) in [6, 6.07) is 22.0. The van der Waals surface area contributed by atoms with E-state index >= 15 is 0 Å². The largest absolute Gasteiger partial charge is 0.457 e. The molecule has 1 N–H and O–H groups in total. The van der Waals surface area contributed by atoms with Gasteiger partial charge >= 0.3 is 0 Å². The summed E-state index contributed by atoms with van der Waals surface area (Å²) in [4.78, 5) is 18.5. The number of thiophene rings is 1. The maximum absolute atomic E-state index is 13.0. The molecule has 5 rings (SSSR count). The molecule has 1 aliphatic heterocycles. The second kappa shape index (κ2) is 8.67. The fourth-order valence-electron chi connectivity index (χ4n) is 4.21. The Morgan fingerprint density at radius 2 is 1.71 bits per heavy atom. The zero-order chi connectivity index (χ0) is 21.2. The molecule has 1 saturated heterocycles. The number of hydrogen-bond donors (Lipinski definition) is 1. The van der Waals surface area contributed by atoms with Crippen LogP contribution in [0.5, 0.6) is 0 Å². The third-order valence-electron chi connectivity index (χ3n) is 5.87. The van der Waals surface area contributed by atoms with Crippen molar-refractivity contribution in [1.29, 1.82) is 0 Å². The van der Waals surface area contributed by atoms with Crippen LogP contribution in [0.25, 0.3) is 11.0 Å². The van der Waals surface area contributed by atoms with Crippen LogP contribution in [-0.4, -0.2) is 48.9 Å². The Balaban J connectivity index is 1.62. The first-order chi connectivity index (χ1) is 15.2. The first-order valence-electron chi connectivity index (χ1n) is 10.5. The molecule has 0 bridgehead atoms. The second-order valence-corrected chi connectivity index (χ2v) is 8.87. The van der Waals surface area contributed by atoms with E-state index in [0.29, 0.717) is 4.88 Å². The molecule has 0 aliphatic carbocycles. The van der Waals surface area contributed by atoms with Crippen molar-refractivity contribution in [1.82, 2.24) is 9.80 Å². The standard InChI is InChI=1S/C25H25N3O2S/c1-27-13-15-28(16-14-27)23(18-8-3-2-4-9-18)24-22(19-10-5-6-11-20(19)30-24)26-25(29)21-12-7-17-31-21/h2-12,17,23H,13-16H2,1H3,(H,26,29). The fraction of sp³-hybridized carbons (Fsp3) is 0.240. The van der Waals surface area contributed by atoms with Crippen molar-refractivity contribution in [3.8, 4) is 0 Å². The molecule has 1 atom stereocenters. The summed E-state index contributed by atoms with van der Waals surface area (Å²) < 4.78 is 6.45. The van der Waals surface area contributed by atoms with Crippen LogP contribution in [0.1, 0.15) is 27.0 Å². The van der Waals surface area contributed by atoms with Gasteiger partial charge in [0.05, 0.1) is 16.6 Å². The topological polar surface area (TPSA) is 48.7 Å². The number of para-hydroxylation sites is 1. The van der Waals surface area contributed by atoms with Crippen LogP contribution in [0.3, 0.4) is 0 Å². The number of benzene rings is 2. The number of nitrogens with one attached hydrogen (secondary N) is 1. The van der Waals surface area contributed by atoms with Crippen molar-refractivity contribution in [2.45, 2.75) is 6.04 Å². The van der Waals surface area contributed by atoms with Crippen LogP contribution < -0.4 is 5.32 Å². The number of carbonyl (C=O) groups excluding carboxylic acids is 1. The summed E-state index contributed by atoms with van der Waals surface area (Å²) in [5, 5.41) is 6.02. The van der Waals surface area contributed by atoms with Crippen LogP contribution in [0.4, 0.5) is 5.69 Å². The third-order valence-corrected chi connectivity index (χ3v) is 6.74. The molecule has 5 nitrogen and oxygen atoms in total. The predicted molar refractivity (Wildman–Crippen MR) is 126 cm³/mol. The Bertz CT molecular complexity index is 1160. The molecule has 0 spiro atoms. The van der Waals surface area contributed by atoms with Crippen molar-refractivity contribution in [3.63, 3.8) is 0 Å². The van der Waals surface area contributed by atoms with Gasteiger partial charge in [0.1, 0.15) is 11.3 Å². The summed E-state index contributed by atoms with van der Waals surface area (Å²) in [6.45, 7) is 3.87. The average Bonchev–Trinajstić information content (AvgIpc) is 3.45. The van der Waals surface area contributed by atoms with Crippen LogP contribution in [-0.2, 0) is 0 Å². The highest BCUT2D eigenvalue weighted by Crippen LogP contribution is 2.40. The van der Waals surface area contributed by atoms with E-state index in [-0.39, 0.29) is 11.9 Å². The van der Waals surface area contributed by atoms with Gasteiger partial charge in [0.25, 0.3) is 5.91 Å². The van der Waals surface area contributed by atoms with Gasteiger partial charge in [-0.2, -0.15) is 0 Å². The van der Waals surface area contributed by atoms with E-state index in [1.807, 2.05) is 47.8 Å². The number of hydrogen-bond acceptors (Lipinski definition) is 5. The quantitative estimate of drug-likeness (QED) is 0.479. The summed E-state index contributed by atoms with van der Waals surface area (Å²) in [7, 11) is 2.16. The summed E-state index contributed by atoms with van der Waals surface area (Å²) in [5.74, 6) is 0.690. The molecule has 0 radical (unpaired) electrons. The van der Waals surface area contributed by atoms with Crippen molar-refractivity contribution < 1.29 is 9.21 Å². The Hall–Kier alpha value is -2.93. The molecule has 6 heteroatoms. The number of likely N-dealkylation sites (N-methyl/N-ethyl adjacent to an activating group) is 1. The molecule has 1 unspecified atom stereocenters. The minimum atomic E-state index is -0.104.